The van der Waals surface area contributed by atoms with E-state index < -0.39 is 12.0 Å². The van der Waals surface area contributed by atoms with Gasteiger partial charge in [-0.25, -0.2) is 14.5 Å². The maximum atomic E-state index is 13.5. The fourth-order valence-electron chi connectivity index (χ4n) is 3.45. The molecule has 28 heavy (non-hydrogen) atoms. The number of carboxylic acid groups (broad SMARTS) is 1. The smallest absolute Gasteiger partial charge is 0.328 e. The van der Waals surface area contributed by atoms with Crippen LogP contribution in [-0.4, -0.2) is 62.4 Å². The second-order valence-electron chi connectivity index (χ2n) is 8.54. The van der Waals surface area contributed by atoms with Gasteiger partial charge < -0.3 is 14.7 Å². The quantitative estimate of drug-likeness (QED) is 0.868. The number of fused-ring (bicyclic) bond motifs is 1. The van der Waals surface area contributed by atoms with Gasteiger partial charge in [0.05, 0.1) is 35.4 Å². The highest BCUT2D eigenvalue weighted by atomic mass is 16.5. The predicted molar refractivity (Wildman–Crippen MR) is 105 cm³/mol. The lowest BCUT2D eigenvalue weighted by molar-refractivity contribution is -0.147. The van der Waals surface area contributed by atoms with Crippen LogP contribution in [0.1, 0.15) is 62.3 Å². The number of carboxylic acids is 1. The Kier molecular flexibility index (Phi) is 5.18. The molecule has 1 amide bonds. The van der Waals surface area contributed by atoms with E-state index in [1.165, 1.54) is 4.90 Å². The molecular formula is C20H28N4O4. The van der Waals surface area contributed by atoms with Crippen LogP contribution in [0.25, 0.3) is 11.0 Å². The molecule has 0 bridgehead atoms. The molecule has 1 atom stereocenters. The van der Waals surface area contributed by atoms with Gasteiger partial charge in [0.25, 0.3) is 5.91 Å². The van der Waals surface area contributed by atoms with Crippen molar-refractivity contribution in [2.45, 2.75) is 59.0 Å². The average molecular weight is 388 g/mol. The van der Waals surface area contributed by atoms with Crippen LogP contribution in [0.5, 0.6) is 0 Å². The van der Waals surface area contributed by atoms with E-state index in [2.05, 4.69) is 5.10 Å². The molecule has 0 radical (unpaired) electrons. The van der Waals surface area contributed by atoms with Gasteiger partial charge >= 0.3 is 5.97 Å². The van der Waals surface area contributed by atoms with Crippen LogP contribution < -0.4 is 0 Å². The van der Waals surface area contributed by atoms with Crippen LogP contribution in [0.15, 0.2) is 6.07 Å². The van der Waals surface area contributed by atoms with Gasteiger partial charge in [-0.3, -0.25) is 4.79 Å². The molecule has 0 saturated carbocycles. The molecule has 3 rings (SSSR count). The number of hydrogen-bond donors (Lipinski definition) is 1. The molecule has 1 aliphatic heterocycles. The molecular weight excluding hydrogens is 360 g/mol. The van der Waals surface area contributed by atoms with Gasteiger partial charge in [-0.1, -0.05) is 13.8 Å². The topological polar surface area (TPSA) is 97.5 Å². The maximum absolute atomic E-state index is 13.5. The molecule has 0 spiro atoms. The highest BCUT2D eigenvalue weighted by molar-refractivity contribution is 6.07. The molecule has 1 fully saturated rings. The van der Waals surface area contributed by atoms with Crippen molar-refractivity contribution in [3.63, 3.8) is 0 Å². The van der Waals surface area contributed by atoms with Crippen LogP contribution >= 0.6 is 0 Å². The number of amides is 1. The Labute approximate surface area is 164 Å². The molecule has 3 heterocycles. The van der Waals surface area contributed by atoms with E-state index in [1.54, 1.807) is 6.07 Å². The van der Waals surface area contributed by atoms with Crippen LogP contribution in [-0.2, 0) is 15.1 Å². The lowest BCUT2D eigenvalue weighted by Crippen LogP contribution is -2.52. The molecule has 1 unspecified atom stereocenters. The van der Waals surface area contributed by atoms with Gasteiger partial charge in [0.15, 0.2) is 11.7 Å². The highest BCUT2D eigenvalue weighted by Gasteiger charge is 2.35. The van der Waals surface area contributed by atoms with E-state index in [1.807, 2.05) is 46.2 Å². The van der Waals surface area contributed by atoms with Crippen molar-refractivity contribution in [1.29, 1.82) is 0 Å². The van der Waals surface area contributed by atoms with E-state index in [0.717, 1.165) is 5.69 Å². The Hall–Kier alpha value is -2.48. The fraction of sp³-hybridized carbons (Fsp3) is 0.600. The van der Waals surface area contributed by atoms with Crippen molar-refractivity contribution in [2.75, 3.05) is 19.8 Å². The van der Waals surface area contributed by atoms with E-state index in [4.69, 9.17) is 9.72 Å². The third-order valence-corrected chi connectivity index (χ3v) is 4.96. The average Bonchev–Trinajstić information content (AvgIpc) is 2.97. The van der Waals surface area contributed by atoms with E-state index in [0.29, 0.717) is 28.9 Å². The molecule has 8 heteroatoms. The summed E-state index contributed by atoms with van der Waals surface area (Å²) in [6, 6.07) is 0.788. The lowest BCUT2D eigenvalue weighted by atomic mass is 10.0. The number of pyridine rings is 1. The summed E-state index contributed by atoms with van der Waals surface area (Å²) in [4.78, 5) is 31.3. The molecule has 0 aliphatic carbocycles. The minimum absolute atomic E-state index is 0.00737. The Morgan fingerprint density at radius 3 is 2.57 bits per heavy atom. The van der Waals surface area contributed by atoms with Gasteiger partial charge in [0.2, 0.25) is 0 Å². The van der Waals surface area contributed by atoms with Crippen LogP contribution in [0.4, 0.5) is 0 Å². The number of rotatable bonds is 3. The monoisotopic (exact) mass is 388 g/mol. The van der Waals surface area contributed by atoms with E-state index >= 15 is 0 Å². The molecule has 152 valence electrons. The minimum atomic E-state index is -1.07. The molecule has 1 N–H and O–H groups in total. The molecule has 1 saturated heterocycles. The number of carbonyl (C=O) groups is 2. The van der Waals surface area contributed by atoms with Crippen LogP contribution in [0.2, 0.25) is 0 Å². The zero-order chi connectivity index (χ0) is 20.8. The largest absolute Gasteiger partial charge is 0.480 e. The molecule has 0 aromatic carbocycles. The summed E-state index contributed by atoms with van der Waals surface area (Å²) in [6.07, 6.45) is 0. The minimum Gasteiger partial charge on any atom is -0.480 e. The number of carbonyl (C=O) groups excluding carboxylic acids is 1. The zero-order valence-corrected chi connectivity index (χ0v) is 17.3. The first kappa shape index (κ1) is 20.3. The van der Waals surface area contributed by atoms with Gasteiger partial charge in [0.1, 0.15) is 0 Å². The number of aliphatic carboxylic acids is 1. The first-order valence-electron chi connectivity index (χ1n) is 9.54. The molecule has 1 aliphatic rings. The lowest BCUT2D eigenvalue weighted by Gasteiger charge is -2.33. The zero-order valence-electron chi connectivity index (χ0n) is 17.3. The van der Waals surface area contributed by atoms with Gasteiger partial charge in [-0.05, 0) is 39.7 Å². The van der Waals surface area contributed by atoms with Crippen LogP contribution in [0, 0.1) is 6.92 Å². The number of morpholine rings is 1. The summed E-state index contributed by atoms with van der Waals surface area (Å²) in [5, 5.41) is 14.8. The molecule has 8 nitrogen and oxygen atoms in total. The second kappa shape index (κ2) is 7.16. The standard InChI is InChI=1S/C20H28N4O4/c1-11(2)14-9-13(18(25)23-7-8-28-10-15(23)19(26)27)16-12(3)22-24(17(16)21-14)20(4,5)6/h9,11,15H,7-8,10H2,1-6H3,(H,26,27). The normalized spacial score (nSPS) is 18.1. The summed E-state index contributed by atoms with van der Waals surface area (Å²) in [6.45, 7) is 12.5. The third-order valence-electron chi connectivity index (χ3n) is 4.96. The van der Waals surface area contributed by atoms with Gasteiger partial charge in [-0.15, -0.1) is 0 Å². The van der Waals surface area contributed by atoms with Crippen molar-refractivity contribution >= 4 is 22.9 Å². The van der Waals surface area contributed by atoms with Crippen molar-refractivity contribution < 1.29 is 19.4 Å². The highest BCUT2D eigenvalue weighted by Crippen LogP contribution is 2.30. The van der Waals surface area contributed by atoms with Crippen molar-refractivity contribution in [3.05, 3.63) is 23.0 Å². The number of ether oxygens (including phenoxy) is 1. The van der Waals surface area contributed by atoms with Crippen molar-refractivity contribution in [3.8, 4) is 0 Å². The van der Waals surface area contributed by atoms with Crippen molar-refractivity contribution in [1.82, 2.24) is 19.7 Å². The summed E-state index contributed by atoms with van der Waals surface area (Å²) >= 11 is 0. The Balaban J connectivity index is 2.23. The maximum Gasteiger partial charge on any atom is 0.328 e. The van der Waals surface area contributed by atoms with Gasteiger partial charge in [-0.2, -0.15) is 5.10 Å². The Morgan fingerprint density at radius 1 is 1.32 bits per heavy atom. The second-order valence-corrected chi connectivity index (χ2v) is 8.54. The van der Waals surface area contributed by atoms with E-state index in [-0.39, 0.29) is 30.5 Å². The summed E-state index contributed by atoms with van der Waals surface area (Å²) in [5.74, 6) is -1.27. The summed E-state index contributed by atoms with van der Waals surface area (Å²) < 4.78 is 7.12. The number of nitrogens with zero attached hydrogens (tertiary/aromatic N) is 4. The predicted octanol–water partition coefficient (Wildman–Crippen LogP) is 2.54. The number of aromatic nitrogens is 3. The molecule has 2 aromatic heterocycles. The SMILES string of the molecule is Cc1nn(C(C)(C)C)c2nc(C(C)C)cc(C(=O)N3CCOCC3C(=O)O)c12. The van der Waals surface area contributed by atoms with Crippen molar-refractivity contribution in [2.24, 2.45) is 0 Å². The van der Waals surface area contributed by atoms with Crippen LogP contribution in [0.3, 0.4) is 0 Å². The number of aryl methyl sites for hydroxylation is 1. The number of hydrogen-bond acceptors (Lipinski definition) is 5. The fourth-order valence-corrected chi connectivity index (χ4v) is 3.45. The third kappa shape index (κ3) is 3.48. The van der Waals surface area contributed by atoms with E-state index in [9.17, 15) is 14.7 Å². The van der Waals surface area contributed by atoms with Gasteiger partial charge in [0, 0.05) is 12.2 Å². The molecule has 2 aromatic rings. The summed E-state index contributed by atoms with van der Waals surface area (Å²) in [7, 11) is 0. The summed E-state index contributed by atoms with van der Waals surface area (Å²) in [5.41, 5.74) is 2.28. The first-order valence-corrected chi connectivity index (χ1v) is 9.54. The first-order chi connectivity index (χ1) is 13.0. The Morgan fingerprint density at radius 2 is 2.00 bits per heavy atom. The Bertz CT molecular complexity index is 926.